The van der Waals surface area contributed by atoms with Crippen molar-refractivity contribution in [3.8, 4) is 5.75 Å². The number of nitrogens with one attached hydrogen (secondary N) is 1. The van der Waals surface area contributed by atoms with Crippen LogP contribution in [0.1, 0.15) is 19.8 Å². The first-order chi connectivity index (χ1) is 8.71. The minimum Gasteiger partial charge on any atom is -0.497 e. The zero-order chi connectivity index (χ0) is 12.6. The summed E-state index contributed by atoms with van der Waals surface area (Å²) in [5.74, 6) is 0.931. The SMILES string of the molecule is COc1ccc(N2CC(C)NCC3(CC3)C2)cc1. The van der Waals surface area contributed by atoms with Gasteiger partial charge < -0.3 is 15.0 Å². The Labute approximate surface area is 109 Å². The summed E-state index contributed by atoms with van der Waals surface area (Å²) in [4.78, 5) is 2.52. The van der Waals surface area contributed by atoms with Crippen molar-refractivity contribution in [3.63, 3.8) is 0 Å². The lowest BCUT2D eigenvalue weighted by atomic mass is 10.1. The molecule has 2 fully saturated rings. The molecular formula is C15H22N2O. The fourth-order valence-corrected chi connectivity index (χ4v) is 2.81. The van der Waals surface area contributed by atoms with Crippen LogP contribution in [-0.2, 0) is 0 Å². The Balaban J connectivity index is 1.79. The van der Waals surface area contributed by atoms with Crippen LogP contribution in [0.2, 0.25) is 0 Å². The average Bonchev–Trinajstić information content (AvgIpc) is 3.18. The summed E-state index contributed by atoms with van der Waals surface area (Å²) in [6, 6.07) is 9.02. The van der Waals surface area contributed by atoms with E-state index < -0.39 is 0 Å². The second kappa shape index (κ2) is 4.47. The summed E-state index contributed by atoms with van der Waals surface area (Å²) in [5.41, 5.74) is 1.86. The molecule has 1 aromatic rings. The Kier molecular flexibility index (Phi) is 2.94. The molecule has 3 nitrogen and oxygen atoms in total. The fourth-order valence-electron chi connectivity index (χ4n) is 2.81. The molecule has 1 saturated heterocycles. The van der Waals surface area contributed by atoms with Gasteiger partial charge in [0.25, 0.3) is 0 Å². The molecular weight excluding hydrogens is 224 g/mol. The molecule has 1 heterocycles. The molecule has 1 saturated carbocycles. The maximum Gasteiger partial charge on any atom is 0.119 e. The Morgan fingerprint density at radius 2 is 2.00 bits per heavy atom. The van der Waals surface area contributed by atoms with Gasteiger partial charge in [0.1, 0.15) is 5.75 Å². The minimum absolute atomic E-state index is 0.546. The molecule has 1 spiro atoms. The van der Waals surface area contributed by atoms with Crippen molar-refractivity contribution in [1.82, 2.24) is 5.32 Å². The van der Waals surface area contributed by atoms with E-state index in [9.17, 15) is 0 Å². The van der Waals surface area contributed by atoms with Gasteiger partial charge in [0, 0.05) is 36.8 Å². The maximum atomic E-state index is 5.22. The van der Waals surface area contributed by atoms with E-state index in [1.165, 1.54) is 31.6 Å². The van der Waals surface area contributed by atoms with Crippen LogP contribution in [0.4, 0.5) is 5.69 Å². The summed E-state index contributed by atoms with van der Waals surface area (Å²) in [6.45, 7) is 5.74. The van der Waals surface area contributed by atoms with Gasteiger partial charge in [-0.1, -0.05) is 0 Å². The Morgan fingerprint density at radius 1 is 1.28 bits per heavy atom. The molecule has 1 N–H and O–H groups in total. The van der Waals surface area contributed by atoms with Gasteiger partial charge in [-0.15, -0.1) is 0 Å². The predicted molar refractivity (Wildman–Crippen MR) is 74.3 cm³/mol. The van der Waals surface area contributed by atoms with Crippen LogP contribution >= 0.6 is 0 Å². The van der Waals surface area contributed by atoms with Gasteiger partial charge in [0.2, 0.25) is 0 Å². The first-order valence-corrected chi connectivity index (χ1v) is 6.83. The Hall–Kier alpha value is -1.22. The zero-order valence-electron chi connectivity index (χ0n) is 11.3. The summed E-state index contributed by atoms with van der Waals surface area (Å²) in [5, 5.41) is 3.65. The van der Waals surface area contributed by atoms with Gasteiger partial charge in [-0.2, -0.15) is 0 Å². The summed E-state index contributed by atoms with van der Waals surface area (Å²) in [6.07, 6.45) is 2.75. The van der Waals surface area contributed by atoms with Gasteiger partial charge in [0.15, 0.2) is 0 Å². The van der Waals surface area contributed by atoms with Gasteiger partial charge in [-0.05, 0) is 44.0 Å². The van der Waals surface area contributed by atoms with Crippen molar-refractivity contribution in [2.24, 2.45) is 5.41 Å². The van der Waals surface area contributed by atoms with E-state index in [1.54, 1.807) is 7.11 Å². The lowest BCUT2D eigenvalue weighted by Gasteiger charge is -2.27. The van der Waals surface area contributed by atoms with E-state index in [2.05, 4.69) is 41.4 Å². The number of benzene rings is 1. The number of methoxy groups -OCH3 is 1. The van der Waals surface area contributed by atoms with E-state index in [1.807, 2.05) is 0 Å². The first kappa shape index (κ1) is 11.8. The molecule has 98 valence electrons. The third kappa shape index (κ3) is 2.32. The molecule has 18 heavy (non-hydrogen) atoms. The fraction of sp³-hybridized carbons (Fsp3) is 0.600. The van der Waals surface area contributed by atoms with Crippen molar-refractivity contribution in [3.05, 3.63) is 24.3 Å². The number of anilines is 1. The molecule has 1 aromatic carbocycles. The molecule has 0 radical (unpaired) electrons. The molecule has 2 aliphatic rings. The summed E-state index contributed by atoms with van der Waals surface area (Å²) < 4.78 is 5.22. The molecule has 3 heteroatoms. The third-order valence-electron chi connectivity index (χ3n) is 4.24. The molecule has 0 bridgehead atoms. The van der Waals surface area contributed by atoms with Crippen LogP contribution in [-0.4, -0.2) is 32.8 Å². The van der Waals surface area contributed by atoms with Crippen molar-refractivity contribution in [2.45, 2.75) is 25.8 Å². The van der Waals surface area contributed by atoms with Crippen molar-refractivity contribution >= 4 is 5.69 Å². The molecule has 1 aliphatic heterocycles. The first-order valence-electron chi connectivity index (χ1n) is 6.83. The van der Waals surface area contributed by atoms with Crippen molar-refractivity contribution < 1.29 is 4.74 Å². The molecule has 1 atom stereocenters. The molecule has 1 unspecified atom stereocenters. The van der Waals surface area contributed by atoms with Gasteiger partial charge in [-0.3, -0.25) is 0 Å². The number of hydrogen-bond donors (Lipinski definition) is 1. The van der Waals surface area contributed by atoms with Crippen molar-refractivity contribution in [2.75, 3.05) is 31.6 Å². The highest BCUT2D eigenvalue weighted by molar-refractivity contribution is 5.50. The van der Waals surface area contributed by atoms with Crippen LogP contribution < -0.4 is 15.0 Å². The van der Waals surface area contributed by atoms with Gasteiger partial charge >= 0.3 is 0 Å². The highest BCUT2D eigenvalue weighted by Gasteiger charge is 2.45. The topological polar surface area (TPSA) is 24.5 Å². The second-order valence-electron chi connectivity index (χ2n) is 5.86. The van der Waals surface area contributed by atoms with Crippen LogP contribution in [0.3, 0.4) is 0 Å². The van der Waals surface area contributed by atoms with Gasteiger partial charge in [-0.25, -0.2) is 0 Å². The summed E-state index contributed by atoms with van der Waals surface area (Å²) >= 11 is 0. The highest BCUT2D eigenvalue weighted by Crippen LogP contribution is 2.47. The quantitative estimate of drug-likeness (QED) is 0.866. The molecule has 1 aliphatic carbocycles. The van der Waals surface area contributed by atoms with E-state index in [0.29, 0.717) is 11.5 Å². The van der Waals surface area contributed by atoms with E-state index in [-0.39, 0.29) is 0 Å². The lowest BCUT2D eigenvalue weighted by molar-refractivity contribution is 0.415. The standard InChI is InChI=1S/C15H22N2O/c1-12-9-17(11-15(7-8-15)10-16-12)13-3-5-14(18-2)6-4-13/h3-6,12,16H,7-11H2,1-2H3. The normalized spacial score (nSPS) is 25.9. The smallest absolute Gasteiger partial charge is 0.119 e. The number of hydrogen-bond acceptors (Lipinski definition) is 3. The highest BCUT2D eigenvalue weighted by atomic mass is 16.5. The van der Waals surface area contributed by atoms with Crippen LogP contribution in [0.5, 0.6) is 5.75 Å². The molecule has 0 aromatic heterocycles. The monoisotopic (exact) mass is 246 g/mol. The number of rotatable bonds is 2. The van der Waals surface area contributed by atoms with E-state index >= 15 is 0 Å². The summed E-state index contributed by atoms with van der Waals surface area (Å²) in [7, 11) is 1.71. The lowest BCUT2D eigenvalue weighted by Crippen LogP contribution is -2.35. The zero-order valence-corrected chi connectivity index (χ0v) is 11.3. The largest absolute Gasteiger partial charge is 0.497 e. The second-order valence-corrected chi connectivity index (χ2v) is 5.86. The maximum absolute atomic E-state index is 5.22. The van der Waals surface area contributed by atoms with Crippen LogP contribution in [0, 0.1) is 5.41 Å². The van der Waals surface area contributed by atoms with E-state index in [0.717, 1.165) is 12.3 Å². The Morgan fingerprint density at radius 3 is 2.61 bits per heavy atom. The van der Waals surface area contributed by atoms with Crippen molar-refractivity contribution in [1.29, 1.82) is 0 Å². The molecule has 0 amide bonds. The minimum atomic E-state index is 0.546. The number of nitrogens with zero attached hydrogens (tertiary/aromatic N) is 1. The van der Waals surface area contributed by atoms with Gasteiger partial charge in [0.05, 0.1) is 7.11 Å². The third-order valence-corrected chi connectivity index (χ3v) is 4.24. The van der Waals surface area contributed by atoms with Crippen LogP contribution in [0.15, 0.2) is 24.3 Å². The van der Waals surface area contributed by atoms with E-state index in [4.69, 9.17) is 4.74 Å². The average molecular weight is 246 g/mol. The van der Waals surface area contributed by atoms with Crippen LogP contribution in [0.25, 0.3) is 0 Å². The number of ether oxygens (including phenoxy) is 1. The Bertz CT molecular complexity index is 411. The molecule has 3 rings (SSSR count). The predicted octanol–water partition coefficient (Wildman–Crippen LogP) is 2.27.